The minimum absolute atomic E-state index is 0.0170. The molecule has 0 radical (unpaired) electrons. The highest BCUT2D eigenvalue weighted by atomic mass is 79.9. The largest absolute Gasteiger partial charge is 0.280 e. The van der Waals surface area contributed by atoms with E-state index < -0.39 is 17.0 Å². The van der Waals surface area contributed by atoms with Gasteiger partial charge in [-0.15, -0.1) is 0 Å². The highest BCUT2D eigenvalue weighted by molar-refractivity contribution is 9.08. The fourth-order valence-corrected chi connectivity index (χ4v) is 1.57. The van der Waals surface area contributed by atoms with Crippen LogP contribution in [-0.4, -0.2) is 9.91 Å². The fraction of sp³-hybridized carbons (Fsp3) is 0.286. The van der Waals surface area contributed by atoms with Crippen molar-refractivity contribution in [2.24, 2.45) is 0 Å². The van der Waals surface area contributed by atoms with Crippen molar-refractivity contribution in [3.05, 3.63) is 33.6 Å². The number of rotatable bonds is 3. The summed E-state index contributed by atoms with van der Waals surface area (Å²) < 4.78 is 24.7. The molecule has 1 aromatic heterocycles. The Kier molecular flexibility index (Phi) is 3.45. The van der Waals surface area contributed by atoms with Gasteiger partial charge >= 0.3 is 0 Å². The number of nitro groups is 1. The second-order valence-electron chi connectivity index (χ2n) is 2.39. The second kappa shape index (κ2) is 4.41. The molecule has 76 valence electrons. The monoisotopic (exact) mass is 266 g/mol. The Morgan fingerprint density at radius 3 is 2.71 bits per heavy atom. The maximum atomic E-state index is 12.4. The molecule has 7 heteroatoms. The van der Waals surface area contributed by atoms with Crippen LogP contribution in [0.15, 0.2) is 12.3 Å². The second-order valence-corrected chi connectivity index (χ2v) is 2.95. The number of aromatic nitrogens is 1. The summed E-state index contributed by atoms with van der Waals surface area (Å²) in [4.78, 5) is 13.2. The average molecular weight is 267 g/mol. The third-order valence-electron chi connectivity index (χ3n) is 1.60. The van der Waals surface area contributed by atoms with E-state index in [1.807, 2.05) is 0 Å². The van der Waals surface area contributed by atoms with Crippen LogP contribution in [0.2, 0.25) is 0 Å². The van der Waals surface area contributed by atoms with E-state index in [9.17, 15) is 18.9 Å². The van der Waals surface area contributed by atoms with Crippen molar-refractivity contribution >= 4 is 21.6 Å². The van der Waals surface area contributed by atoms with Gasteiger partial charge in [0.25, 0.3) is 12.1 Å². The van der Waals surface area contributed by atoms with Crippen molar-refractivity contribution in [1.29, 1.82) is 0 Å². The zero-order valence-electron chi connectivity index (χ0n) is 6.78. The van der Waals surface area contributed by atoms with Crippen LogP contribution in [0.3, 0.4) is 0 Å². The first kappa shape index (κ1) is 11.0. The van der Waals surface area contributed by atoms with E-state index in [2.05, 4.69) is 20.9 Å². The number of nitrogens with zero attached hydrogens (tertiary/aromatic N) is 2. The van der Waals surface area contributed by atoms with Crippen molar-refractivity contribution in [2.75, 3.05) is 0 Å². The zero-order chi connectivity index (χ0) is 10.7. The SMILES string of the molecule is O=[N+]([O-])c1ccnc(C(F)F)c1CBr. The lowest BCUT2D eigenvalue weighted by atomic mass is 10.2. The van der Waals surface area contributed by atoms with Gasteiger partial charge in [0.1, 0.15) is 5.69 Å². The molecule has 0 aliphatic heterocycles. The molecule has 0 spiro atoms. The Morgan fingerprint density at radius 1 is 1.64 bits per heavy atom. The molecular weight excluding hydrogens is 262 g/mol. The zero-order valence-corrected chi connectivity index (χ0v) is 8.37. The van der Waals surface area contributed by atoms with Crippen molar-refractivity contribution in [3.63, 3.8) is 0 Å². The first-order valence-corrected chi connectivity index (χ1v) is 4.66. The molecule has 0 bridgehead atoms. The molecular formula is C7H5BrF2N2O2. The number of halogens is 3. The summed E-state index contributed by atoms with van der Waals surface area (Å²) >= 11 is 2.92. The topological polar surface area (TPSA) is 56.0 Å². The van der Waals surface area contributed by atoms with E-state index in [0.29, 0.717) is 0 Å². The van der Waals surface area contributed by atoms with Crippen LogP contribution >= 0.6 is 15.9 Å². The molecule has 0 saturated heterocycles. The molecule has 0 saturated carbocycles. The third kappa shape index (κ3) is 2.03. The average Bonchev–Trinajstić information content (AvgIpc) is 2.16. The minimum atomic E-state index is -2.80. The smallest absolute Gasteiger partial charge is 0.258 e. The van der Waals surface area contributed by atoms with Crippen LogP contribution in [0.1, 0.15) is 17.7 Å². The number of pyridine rings is 1. The van der Waals surface area contributed by atoms with E-state index in [0.717, 1.165) is 12.3 Å². The molecule has 0 aliphatic carbocycles. The molecule has 0 fully saturated rings. The maximum absolute atomic E-state index is 12.4. The van der Waals surface area contributed by atoms with Crippen LogP contribution in [0.25, 0.3) is 0 Å². The quantitative estimate of drug-likeness (QED) is 0.480. The first-order chi connectivity index (χ1) is 6.57. The first-order valence-electron chi connectivity index (χ1n) is 3.54. The van der Waals surface area contributed by atoms with Crippen LogP contribution in [0, 0.1) is 10.1 Å². The van der Waals surface area contributed by atoms with Gasteiger partial charge in [0.15, 0.2) is 0 Å². The lowest BCUT2D eigenvalue weighted by Gasteiger charge is -2.04. The van der Waals surface area contributed by atoms with Crippen LogP contribution in [0.4, 0.5) is 14.5 Å². The highest BCUT2D eigenvalue weighted by Gasteiger charge is 2.22. The van der Waals surface area contributed by atoms with Crippen molar-refractivity contribution < 1.29 is 13.7 Å². The molecule has 1 heterocycles. The summed E-state index contributed by atoms with van der Waals surface area (Å²) in [5.41, 5.74) is -0.962. The molecule has 0 N–H and O–H groups in total. The Labute approximate surface area is 86.2 Å². The van der Waals surface area contributed by atoms with Crippen LogP contribution in [-0.2, 0) is 5.33 Å². The molecule has 0 aliphatic rings. The van der Waals surface area contributed by atoms with Crippen LogP contribution in [0.5, 0.6) is 0 Å². The Bertz CT molecular complexity index is 360. The summed E-state index contributed by atoms with van der Waals surface area (Å²) in [6, 6.07) is 1.10. The van der Waals surface area contributed by atoms with Gasteiger partial charge in [-0.3, -0.25) is 15.1 Å². The van der Waals surface area contributed by atoms with E-state index in [1.165, 1.54) is 0 Å². The third-order valence-corrected chi connectivity index (χ3v) is 2.16. The lowest BCUT2D eigenvalue weighted by molar-refractivity contribution is -0.385. The number of hydrogen-bond donors (Lipinski definition) is 0. The fourth-order valence-electron chi connectivity index (χ4n) is 0.994. The predicted octanol–water partition coefficient (Wildman–Crippen LogP) is 2.82. The molecule has 0 unspecified atom stereocenters. The van der Waals surface area contributed by atoms with Gasteiger partial charge in [0.05, 0.1) is 10.5 Å². The van der Waals surface area contributed by atoms with Crippen molar-refractivity contribution in [3.8, 4) is 0 Å². The van der Waals surface area contributed by atoms with E-state index >= 15 is 0 Å². The van der Waals surface area contributed by atoms with Gasteiger partial charge in [-0.25, -0.2) is 8.78 Å². The Hall–Kier alpha value is -1.11. The normalized spacial score (nSPS) is 10.6. The lowest BCUT2D eigenvalue weighted by Crippen LogP contribution is -2.01. The highest BCUT2D eigenvalue weighted by Crippen LogP contribution is 2.29. The summed E-state index contributed by atoms with van der Waals surface area (Å²) in [5.74, 6) is 0. The van der Waals surface area contributed by atoms with Gasteiger partial charge in [-0.05, 0) is 0 Å². The van der Waals surface area contributed by atoms with Crippen molar-refractivity contribution in [2.45, 2.75) is 11.8 Å². The molecule has 0 aromatic carbocycles. The standard InChI is InChI=1S/C7H5BrF2N2O2/c8-3-4-5(12(13)14)1-2-11-6(4)7(9)10/h1-2,7H,3H2. The number of hydrogen-bond acceptors (Lipinski definition) is 3. The summed E-state index contributed by atoms with van der Waals surface area (Å²) in [6.07, 6.45) is -1.80. The van der Waals surface area contributed by atoms with E-state index in [4.69, 9.17) is 0 Å². The molecule has 1 aromatic rings. The van der Waals surface area contributed by atoms with E-state index in [1.54, 1.807) is 0 Å². The number of alkyl halides is 3. The van der Waals surface area contributed by atoms with Gasteiger partial charge < -0.3 is 0 Å². The van der Waals surface area contributed by atoms with Crippen LogP contribution < -0.4 is 0 Å². The summed E-state index contributed by atoms with van der Waals surface area (Å²) in [7, 11) is 0. The summed E-state index contributed by atoms with van der Waals surface area (Å²) in [5, 5.41) is 10.5. The Morgan fingerprint density at radius 2 is 2.29 bits per heavy atom. The van der Waals surface area contributed by atoms with Crippen molar-refractivity contribution in [1.82, 2.24) is 4.98 Å². The van der Waals surface area contributed by atoms with Gasteiger partial charge in [0.2, 0.25) is 0 Å². The maximum Gasteiger partial charge on any atom is 0.280 e. The molecule has 0 atom stereocenters. The van der Waals surface area contributed by atoms with E-state index in [-0.39, 0.29) is 16.6 Å². The predicted molar refractivity (Wildman–Crippen MR) is 48.5 cm³/mol. The van der Waals surface area contributed by atoms with Gasteiger partial charge in [-0.2, -0.15) is 0 Å². The summed E-state index contributed by atoms with van der Waals surface area (Å²) in [6.45, 7) is 0. The van der Waals surface area contributed by atoms with Gasteiger partial charge in [-0.1, -0.05) is 15.9 Å². The van der Waals surface area contributed by atoms with Gasteiger partial charge in [0, 0.05) is 17.6 Å². The molecule has 1 rings (SSSR count). The minimum Gasteiger partial charge on any atom is -0.258 e. The molecule has 4 nitrogen and oxygen atoms in total. The molecule has 14 heavy (non-hydrogen) atoms. The molecule has 0 amide bonds. The Balaban J connectivity index is 3.32.